The number of ether oxygens (including phenoxy) is 1. The van der Waals surface area contributed by atoms with Crippen molar-refractivity contribution < 1.29 is 9.53 Å². The molecule has 0 fully saturated rings. The average molecular weight is 297 g/mol. The second kappa shape index (κ2) is 7.76. The van der Waals surface area contributed by atoms with E-state index >= 15 is 0 Å². The lowest BCUT2D eigenvalue weighted by molar-refractivity contribution is -0.142. The second-order valence-corrected chi connectivity index (χ2v) is 5.48. The summed E-state index contributed by atoms with van der Waals surface area (Å²) in [6, 6.07) is 16.2. The van der Waals surface area contributed by atoms with Gasteiger partial charge in [0.2, 0.25) is 0 Å². The van der Waals surface area contributed by atoms with Gasteiger partial charge in [-0.2, -0.15) is 0 Å². The monoisotopic (exact) mass is 297 g/mol. The third kappa shape index (κ3) is 4.18. The highest BCUT2D eigenvalue weighted by Gasteiger charge is 2.14. The number of esters is 1. The fraction of sp³-hybridized carbons (Fsp3) is 0.316. The van der Waals surface area contributed by atoms with Gasteiger partial charge in [0, 0.05) is 0 Å². The van der Waals surface area contributed by atoms with Crippen LogP contribution in [0.15, 0.2) is 48.5 Å². The van der Waals surface area contributed by atoms with Gasteiger partial charge in [-0.1, -0.05) is 61.9 Å². The summed E-state index contributed by atoms with van der Waals surface area (Å²) in [6.07, 6.45) is 2.77. The summed E-state index contributed by atoms with van der Waals surface area (Å²) in [5.74, 6) is -0.379. The Morgan fingerprint density at radius 2 is 1.50 bits per heavy atom. The van der Waals surface area contributed by atoms with Crippen molar-refractivity contribution in [1.82, 2.24) is 0 Å². The lowest BCUT2D eigenvalue weighted by Crippen LogP contribution is -2.33. The van der Waals surface area contributed by atoms with E-state index in [-0.39, 0.29) is 5.97 Å². The molecule has 0 saturated heterocycles. The molecular weight excluding hydrogens is 274 g/mol. The molecule has 0 radical (unpaired) electrons. The third-order valence-electron chi connectivity index (χ3n) is 3.74. The molecule has 0 saturated carbocycles. The van der Waals surface area contributed by atoms with Crippen LogP contribution in [-0.4, -0.2) is 19.1 Å². The van der Waals surface area contributed by atoms with Gasteiger partial charge in [-0.05, 0) is 35.1 Å². The minimum Gasteiger partial charge on any atom is -0.468 e. The van der Waals surface area contributed by atoms with Crippen LogP contribution in [0.5, 0.6) is 0 Å². The van der Waals surface area contributed by atoms with Crippen LogP contribution in [0.3, 0.4) is 0 Å². The zero-order valence-corrected chi connectivity index (χ0v) is 13.2. The first kappa shape index (κ1) is 16.2. The maximum Gasteiger partial charge on any atom is 0.322 e. The van der Waals surface area contributed by atoms with Gasteiger partial charge in [0.25, 0.3) is 0 Å². The Bertz CT molecular complexity index is 602. The number of hydrogen-bond donors (Lipinski definition) is 1. The SMILES string of the molecule is CCCc1ccc(-c2ccc(CC(N)C(=O)OC)cc2)cc1. The number of aryl methyl sites for hydroxylation is 1. The summed E-state index contributed by atoms with van der Waals surface area (Å²) in [5.41, 5.74) is 10.5. The number of carbonyl (C=O) groups excluding carboxylic acids is 1. The molecule has 0 aliphatic carbocycles. The maximum absolute atomic E-state index is 11.3. The van der Waals surface area contributed by atoms with Crippen LogP contribution in [0.25, 0.3) is 11.1 Å². The van der Waals surface area contributed by atoms with Crippen molar-refractivity contribution in [2.45, 2.75) is 32.2 Å². The Balaban J connectivity index is 2.06. The minimum absolute atomic E-state index is 0.379. The van der Waals surface area contributed by atoms with Crippen LogP contribution < -0.4 is 5.73 Å². The van der Waals surface area contributed by atoms with Crippen LogP contribution in [-0.2, 0) is 22.4 Å². The molecule has 2 aromatic carbocycles. The van der Waals surface area contributed by atoms with Crippen LogP contribution in [0.2, 0.25) is 0 Å². The highest BCUT2D eigenvalue weighted by Crippen LogP contribution is 2.21. The molecule has 0 amide bonds. The van der Waals surface area contributed by atoms with Crippen molar-refractivity contribution in [2.24, 2.45) is 5.73 Å². The third-order valence-corrected chi connectivity index (χ3v) is 3.74. The van der Waals surface area contributed by atoms with Crippen molar-refractivity contribution in [3.8, 4) is 11.1 Å². The molecule has 3 nitrogen and oxygen atoms in total. The maximum atomic E-state index is 11.3. The Kier molecular flexibility index (Phi) is 5.73. The number of methoxy groups -OCH3 is 1. The smallest absolute Gasteiger partial charge is 0.322 e. The molecular formula is C19H23NO2. The van der Waals surface area contributed by atoms with Crippen molar-refractivity contribution in [3.63, 3.8) is 0 Å². The number of benzene rings is 2. The van der Waals surface area contributed by atoms with Gasteiger partial charge in [0.05, 0.1) is 7.11 Å². The van der Waals surface area contributed by atoms with Gasteiger partial charge in [-0.3, -0.25) is 4.79 Å². The summed E-state index contributed by atoms with van der Waals surface area (Å²) in [4.78, 5) is 11.3. The molecule has 2 rings (SSSR count). The van der Waals surface area contributed by atoms with E-state index in [0.29, 0.717) is 6.42 Å². The zero-order chi connectivity index (χ0) is 15.9. The van der Waals surface area contributed by atoms with E-state index in [2.05, 4.69) is 48.1 Å². The second-order valence-electron chi connectivity index (χ2n) is 5.48. The summed E-state index contributed by atoms with van der Waals surface area (Å²) >= 11 is 0. The van der Waals surface area contributed by atoms with Gasteiger partial charge < -0.3 is 10.5 Å². The summed E-state index contributed by atoms with van der Waals surface area (Å²) in [7, 11) is 1.35. The predicted octanol–water partition coefficient (Wildman–Crippen LogP) is 3.35. The fourth-order valence-electron chi connectivity index (χ4n) is 2.47. The number of rotatable bonds is 6. The van der Waals surface area contributed by atoms with E-state index in [1.165, 1.54) is 23.8 Å². The van der Waals surface area contributed by atoms with Gasteiger partial charge in [-0.25, -0.2) is 0 Å². The van der Waals surface area contributed by atoms with Crippen LogP contribution in [0, 0.1) is 0 Å². The zero-order valence-electron chi connectivity index (χ0n) is 13.2. The minimum atomic E-state index is -0.607. The van der Waals surface area contributed by atoms with Crippen molar-refractivity contribution in [3.05, 3.63) is 59.7 Å². The molecule has 0 aromatic heterocycles. The van der Waals surface area contributed by atoms with Crippen molar-refractivity contribution >= 4 is 5.97 Å². The van der Waals surface area contributed by atoms with Crippen LogP contribution in [0.1, 0.15) is 24.5 Å². The van der Waals surface area contributed by atoms with Crippen LogP contribution in [0.4, 0.5) is 0 Å². The van der Waals surface area contributed by atoms with E-state index in [1.807, 2.05) is 12.1 Å². The molecule has 1 unspecified atom stereocenters. The first-order valence-corrected chi connectivity index (χ1v) is 7.65. The van der Waals surface area contributed by atoms with Gasteiger partial charge >= 0.3 is 5.97 Å². The molecule has 0 heterocycles. The van der Waals surface area contributed by atoms with E-state index in [1.54, 1.807) is 0 Å². The molecule has 0 bridgehead atoms. The molecule has 1 atom stereocenters. The van der Waals surface area contributed by atoms with Crippen LogP contribution >= 0.6 is 0 Å². The van der Waals surface area contributed by atoms with Gasteiger partial charge in [0.15, 0.2) is 0 Å². The lowest BCUT2D eigenvalue weighted by atomic mass is 9.99. The quantitative estimate of drug-likeness (QED) is 0.832. The molecule has 2 N–H and O–H groups in total. The van der Waals surface area contributed by atoms with E-state index in [0.717, 1.165) is 18.4 Å². The van der Waals surface area contributed by atoms with E-state index in [4.69, 9.17) is 5.73 Å². The summed E-state index contributed by atoms with van der Waals surface area (Å²) in [6.45, 7) is 2.19. The first-order chi connectivity index (χ1) is 10.6. The normalized spacial score (nSPS) is 12.0. The Hall–Kier alpha value is -2.13. The fourth-order valence-corrected chi connectivity index (χ4v) is 2.47. The Morgan fingerprint density at radius 1 is 1.00 bits per heavy atom. The molecule has 0 aliphatic heterocycles. The van der Waals surface area contributed by atoms with Crippen molar-refractivity contribution in [1.29, 1.82) is 0 Å². The van der Waals surface area contributed by atoms with Gasteiger partial charge in [0.1, 0.15) is 6.04 Å². The number of hydrogen-bond acceptors (Lipinski definition) is 3. The molecule has 116 valence electrons. The van der Waals surface area contributed by atoms with E-state index in [9.17, 15) is 4.79 Å². The highest BCUT2D eigenvalue weighted by atomic mass is 16.5. The lowest BCUT2D eigenvalue weighted by Gasteiger charge is -2.10. The summed E-state index contributed by atoms with van der Waals surface area (Å²) in [5, 5.41) is 0. The first-order valence-electron chi connectivity index (χ1n) is 7.65. The van der Waals surface area contributed by atoms with E-state index < -0.39 is 6.04 Å². The number of carbonyl (C=O) groups is 1. The highest BCUT2D eigenvalue weighted by molar-refractivity contribution is 5.75. The Morgan fingerprint density at radius 3 is 1.95 bits per heavy atom. The molecule has 22 heavy (non-hydrogen) atoms. The molecule has 2 aromatic rings. The Labute approximate surface area is 132 Å². The summed E-state index contributed by atoms with van der Waals surface area (Å²) < 4.78 is 4.64. The average Bonchev–Trinajstić information content (AvgIpc) is 2.56. The molecule has 0 spiro atoms. The topological polar surface area (TPSA) is 52.3 Å². The van der Waals surface area contributed by atoms with Gasteiger partial charge in [-0.15, -0.1) is 0 Å². The molecule has 3 heteroatoms. The standard InChI is InChI=1S/C19H23NO2/c1-3-4-14-5-9-16(10-6-14)17-11-7-15(8-12-17)13-18(20)19(21)22-2/h5-12,18H,3-4,13,20H2,1-2H3. The number of nitrogens with two attached hydrogens (primary N) is 1. The van der Waals surface area contributed by atoms with Crippen molar-refractivity contribution in [2.75, 3.05) is 7.11 Å². The predicted molar refractivity (Wildman–Crippen MR) is 89.6 cm³/mol. The molecule has 0 aliphatic rings. The largest absolute Gasteiger partial charge is 0.468 e.